The molecule has 0 fully saturated rings. The highest BCUT2D eigenvalue weighted by Crippen LogP contribution is 2.16. The van der Waals surface area contributed by atoms with E-state index in [-0.39, 0.29) is 0 Å². The maximum Gasteiger partial charge on any atom is 0.0774 e. The molecule has 0 atom stereocenters. The Morgan fingerprint density at radius 2 is 0.875 bits per heavy atom. The maximum absolute atomic E-state index is 4.55. The zero-order valence-corrected chi connectivity index (χ0v) is 10.7. The third-order valence-electron chi connectivity index (χ3n) is 2.38. The van der Waals surface area contributed by atoms with Gasteiger partial charge in [-0.1, -0.05) is 27.7 Å². The van der Waals surface area contributed by atoms with Crippen LogP contribution in [0, 0.1) is 0 Å². The molecule has 0 unspecified atom stereocenters. The standard InChI is InChI=1S/C8H10N4.2C2H6/c1-5-6(2-9-1)12-8-4-10-3-7(8)11-5;2*1-2/h9-10H,1-4H2;2*1-2H3. The number of nitrogens with one attached hydrogen (secondary N) is 2. The first-order valence-corrected chi connectivity index (χ1v) is 6.22. The number of hydrogen-bond acceptors (Lipinski definition) is 4. The molecule has 0 aromatic carbocycles. The van der Waals surface area contributed by atoms with Gasteiger partial charge in [0.25, 0.3) is 0 Å². The Hall–Kier alpha value is -1.00. The lowest BCUT2D eigenvalue weighted by atomic mass is 10.3. The van der Waals surface area contributed by atoms with Gasteiger partial charge < -0.3 is 10.6 Å². The second-order valence-electron chi connectivity index (χ2n) is 3.22. The van der Waals surface area contributed by atoms with Crippen LogP contribution in [0.4, 0.5) is 0 Å². The molecule has 4 heteroatoms. The topological polar surface area (TPSA) is 49.8 Å². The summed E-state index contributed by atoms with van der Waals surface area (Å²) in [4.78, 5) is 9.09. The monoisotopic (exact) mass is 222 g/mol. The van der Waals surface area contributed by atoms with Crippen molar-refractivity contribution < 1.29 is 0 Å². The third-order valence-corrected chi connectivity index (χ3v) is 2.38. The Labute approximate surface area is 97.9 Å². The average molecular weight is 222 g/mol. The van der Waals surface area contributed by atoms with Crippen LogP contribution < -0.4 is 10.6 Å². The van der Waals surface area contributed by atoms with Crippen LogP contribution in [0.25, 0.3) is 0 Å². The number of nitrogens with zero attached hydrogens (tertiary/aromatic N) is 2. The van der Waals surface area contributed by atoms with Crippen molar-refractivity contribution in [2.75, 3.05) is 0 Å². The fourth-order valence-electron chi connectivity index (χ4n) is 1.75. The lowest BCUT2D eigenvalue weighted by Crippen LogP contribution is -2.03. The molecule has 3 rings (SSSR count). The van der Waals surface area contributed by atoms with Gasteiger partial charge in [0.1, 0.15) is 0 Å². The van der Waals surface area contributed by atoms with Crippen molar-refractivity contribution in [1.29, 1.82) is 0 Å². The first-order valence-electron chi connectivity index (χ1n) is 6.22. The van der Waals surface area contributed by atoms with Crippen LogP contribution in [0.5, 0.6) is 0 Å². The molecular weight excluding hydrogens is 200 g/mol. The van der Waals surface area contributed by atoms with E-state index in [1.807, 2.05) is 27.7 Å². The third kappa shape index (κ3) is 2.57. The quantitative estimate of drug-likeness (QED) is 0.702. The molecule has 0 aliphatic carbocycles. The Balaban J connectivity index is 0.000000291. The van der Waals surface area contributed by atoms with Crippen molar-refractivity contribution in [2.45, 2.75) is 53.9 Å². The molecule has 1 aromatic rings. The van der Waals surface area contributed by atoms with E-state index in [4.69, 9.17) is 0 Å². The van der Waals surface area contributed by atoms with Crippen LogP contribution in [0.1, 0.15) is 50.5 Å². The van der Waals surface area contributed by atoms with Crippen LogP contribution in [-0.4, -0.2) is 9.97 Å². The largest absolute Gasteiger partial charge is 0.305 e. The van der Waals surface area contributed by atoms with Crippen molar-refractivity contribution in [3.8, 4) is 0 Å². The van der Waals surface area contributed by atoms with Crippen LogP contribution in [0.3, 0.4) is 0 Å². The number of rotatable bonds is 0. The van der Waals surface area contributed by atoms with Crippen LogP contribution in [0.2, 0.25) is 0 Å². The fourth-order valence-corrected chi connectivity index (χ4v) is 1.75. The summed E-state index contributed by atoms with van der Waals surface area (Å²) in [5.74, 6) is 0. The van der Waals surface area contributed by atoms with E-state index in [1.165, 1.54) is 0 Å². The van der Waals surface area contributed by atoms with E-state index >= 15 is 0 Å². The summed E-state index contributed by atoms with van der Waals surface area (Å²) in [6.45, 7) is 11.5. The van der Waals surface area contributed by atoms with Gasteiger partial charge in [0.05, 0.1) is 22.8 Å². The highest BCUT2D eigenvalue weighted by molar-refractivity contribution is 5.25. The number of hydrogen-bond donors (Lipinski definition) is 2. The van der Waals surface area contributed by atoms with Crippen LogP contribution >= 0.6 is 0 Å². The number of aromatic nitrogens is 2. The summed E-state index contributed by atoms with van der Waals surface area (Å²) < 4.78 is 0. The highest BCUT2D eigenvalue weighted by atomic mass is 15.0. The summed E-state index contributed by atoms with van der Waals surface area (Å²) in [5, 5.41) is 6.49. The Morgan fingerprint density at radius 3 is 1.12 bits per heavy atom. The predicted octanol–water partition coefficient (Wildman–Crippen LogP) is 1.74. The van der Waals surface area contributed by atoms with E-state index in [9.17, 15) is 0 Å². The van der Waals surface area contributed by atoms with E-state index in [1.54, 1.807) is 0 Å². The minimum atomic E-state index is 0.885. The summed E-state index contributed by atoms with van der Waals surface area (Å²) in [6, 6.07) is 0. The summed E-state index contributed by atoms with van der Waals surface area (Å²) in [5.41, 5.74) is 4.55. The normalized spacial score (nSPS) is 15.2. The van der Waals surface area contributed by atoms with Crippen molar-refractivity contribution in [1.82, 2.24) is 20.6 Å². The fraction of sp³-hybridized carbons (Fsp3) is 0.667. The molecule has 0 spiro atoms. The molecule has 1 aromatic heterocycles. The summed E-state index contributed by atoms with van der Waals surface area (Å²) in [7, 11) is 0. The Kier molecular flexibility index (Phi) is 5.35. The number of fused-ring (bicyclic) bond motifs is 2. The van der Waals surface area contributed by atoms with Crippen molar-refractivity contribution in [3.05, 3.63) is 22.8 Å². The molecule has 0 bridgehead atoms. The minimum absolute atomic E-state index is 0.885. The summed E-state index contributed by atoms with van der Waals surface area (Å²) >= 11 is 0. The molecule has 0 radical (unpaired) electrons. The van der Waals surface area contributed by atoms with Gasteiger partial charge in [0.2, 0.25) is 0 Å². The lowest BCUT2D eigenvalue weighted by molar-refractivity contribution is 0.731. The van der Waals surface area contributed by atoms with Crippen molar-refractivity contribution >= 4 is 0 Å². The maximum atomic E-state index is 4.55. The van der Waals surface area contributed by atoms with E-state index in [2.05, 4.69) is 20.6 Å². The molecule has 90 valence electrons. The first-order chi connectivity index (χ1) is 7.93. The van der Waals surface area contributed by atoms with E-state index in [0.717, 1.165) is 49.0 Å². The Bertz CT molecular complexity index is 276. The SMILES string of the molecule is C1NCc2nc3c(nc21)CNC3.CC.CC. The smallest absolute Gasteiger partial charge is 0.0774 e. The predicted molar refractivity (Wildman–Crippen MR) is 65.8 cm³/mol. The van der Waals surface area contributed by atoms with Gasteiger partial charge in [-0.25, -0.2) is 0 Å². The van der Waals surface area contributed by atoms with Gasteiger partial charge in [-0.05, 0) is 0 Å². The minimum Gasteiger partial charge on any atom is -0.305 e. The van der Waals surface area contributed by atoms with Crippen molar-refractivity contribution in [2.24, 2.45) is 0 Å². The Morgan fingerprint density at radius 1 is 0.625 bits per heavy atom. The molecule has 16 heavy (non-hydrogen) atoms. The van der Waals surface area contributed by atoms with Gasteiger partial charge in [-0.2, -0.15) is 0 Å². The molecule has 0 amide bonds. The molecule has 2 aliphatic heterocycles. The second kappa shape index (κ2) is 6.55. The molecule has 2 N–H and O–H groups in total. The van der Waals surface area contributed by atoms with Gasteiger partial charge >= 0.3 is 0 Å². The first kappa shape index (κ1) is 13.1. The molecule has 4 nitrogen and oxygen atoms in total. The van der Waals surface area contributed by atoms with Crippen LogP contribution in [-0.2, 0) is 26.2 Å². The summed E-state index contributed by atoms with van der Waals surface area (Å²) in [6.07, 6.45) is 0. The molecule has 2 aliphatic rings. The van der Waals surface area contributed by atoms with Gasteiger partial charge in [-0.3, -0.25) is 9.97 Å². The zero-order valence-electron chi connectivity index (χ0n) is 10.7. The van der Waals surface area contributed by atoms with E-state index in [0.29, 0.717) is 0 Å². The van der Waals surface area contributed by atoms with Gasteiger partial charge in [0, 0.05) is 26.2 Å². The van der Waals surface area contributed by atoms with E-state index < -0.39 is 0 Å². The average Bonchev–Trinajstić information content (AvgIpc) is 2.98. The highest BCUT2D eigenvalue weighted by Gasteiger charge is 2.19. The molecule has 0 saturated carbocycles. The molecule has 3 heterocycles. The molecule has 0 saturated heterocycles. The lowest BCUT2D eigenvalue weighted by Gasteiger charge is -1.99. The van der Waals surface area contributed by atoms with Crippen molar-refractivity contribution in [3.63, 3.8) is 0 Å². The van der Waals surface area contributed by atoms with Crippen LogP contribution in [0.15, 0.2) is 0 Å². The zero-order chi connectivity index (χ0) is 12.0. The molecular formula is C12H22N4. The van der Waals surface area contributed by atoms with Gasteiger partial charge in [0.15, 0.2) is 0 Å². The van der Waals surface area contributed by atoms with Gasteiger partial charge in [-0.15, -0.1) is 0 Å². The second-order valence-corrected chi connectivity index (χ2v) is 3.22.